The van der Waals surface area contributed by atoms with Crippen LogP contribution in [0.15, 0.2) is 22.7 Å². The molecule has 2 saturated heterocycles. The largest absolute Gasteiger partial charge is 0.466 e. The van der Waals surface area contributed by atoms with Gasteiger partial charge in [-0.1, -0.05) is 0 Å². The Morgan fingerprint density at radius 3 is 2.44 bits per heavy atom. The Morgan fingerprint density at radius 1 is 1.15 bits per heavy atom. The first-order valence-corrected chi connectivity index (χ1v) is 11.3. The van der Waals surface area contributed by atoms with Crippen LogP contribution in [0.4, 0.5) is 30.7 Å². The van der Waals surface area contributed by atoms with Gasteiger partial charge in [0.15, 0.2) is 5.69 Å². The van der Waals surface area contributed by atoms with Gasteiger partial charge in [-0.3, -0.25) is 9.59 Å². The Morgan fingerprint density at radius 2 is 1.85 bits per heavy atom. The second kappa shape index (κ2) is 9.90. The predicted molar refractivity (Wildman–Crippen MR) is 117 cm³/mol. The van der Waals surface area contributed by atoms with Crippen LogP contribution in [0.1, 0.15) is 48.9 Å². The molecule has 184 valence electrons. The van der Waals surface area contributed by atoms with Crippen LogP contribution in [0.25, 0.3) is 0 Å². The summed E-state index contributed by atoms with van der Waals surface area (Å²) in [5.41, 5.74) is -1.12. The summed E-state index contributed by atoms with van der Waals surface area (Å²) < 4.78 is 50.7. The topological polar surface area (TPSA) is 101 Å². The number of oxazole rings is 1. The number of rotatable bonds is 6. The van der Waals surface area contributed by atoms with Gasteiger partial charge in [-0.25, -0.2) is 4.98 Å². The Bertz CT molecular complexity index is 1010. The number of esters is 1. The standard InChI is InChI=1S/C22H26F3N5O4/c1-2-33-20(32)14-7-11-29(12-8-14)16-6-5-15(13-26-16)27-19(31)17-18(22(23,24)25)28-21(34-17)30-9-3-4-10-30/h5-6,13-14H,2-4,7-12H2,1H3,(H,27,31). The first-order chi connectivity index (χ1) is 16.3. The van der Waals surface area contributed by atoms with Crippen LogP contribution >= 0.6 is 0 Å². The van der Waals surface area contributed by atoms with Crippen LogP contribution in [-0.2, 0) is 15.7 Å². The number of hydrogen-bond acceptors (Lipinski definition) is 8. The van der Waals surface area contributed by atoms with Crippen LogP contribution in [0.5, 0.6) is 0 Å². The van der Waals surface area contributed by atoms with Crippen LogP contribution < -0.4 is 15.1 Å². The molecule has 4 heterocycles. The second-order valence-corrected chi connectivity index (χ2v) is 8.24. The van der Waals surface area contributed by atoms with Crippen molar-refractivity contribution in [3.63, 3.8) is 0 Å². The molecule has 2 aliphatic rings. The van der Waals surface area contributed by atoms with Crippen molar-refractivity contribution in [1.29, 1.82) is 0 Å². The van der Waals surface area contributed by atoms with E-state index in [4.69, 9.17) is 9.15 Å². The summed E-state index contributed by atoms with van der Waals surface area (Å²) in [6.45, 7) is 4.42. The van der Waals surface area contributed by atoms with Crippen molar-refractivity contribution < 1.29 is 31.9 Å². The van der Waals surface area contributed by atoms with Crippen LogP contribution in [0.3, 0.4) is 0 Å². The maximum Gasteiger partial charge on any atom is 0.437 e. The highest BCUT2D eigenvalue weighted by atomic mass is 19.4. The highest BCUT2D eigenvalue weighted by Crippen LogP contribution is 2.35. The average Bonchev–Trinajstić information content (AvgIpc) is 3.50. The maximum atomic E-state index is 13.5. The Labute approximate surface area is 194 Å². The molecule has 2 aromatic heterocycles. The van der Waals surface area contributed by atoms with Crippen LogP contribution in [0.2, 0.25) is 0 Å². The minimum atomic E-state index is -4.83. The second-order valence-electron chi connectivity index (χ2n) is 8.24. The number of pyridine rings is 1. The molecule has 0 radical (unpaired) electrons. The molecule has 1 N–H and O–H groups in total. The highest BCUT2D eigenvalue weighted by molar-refractivity contribution is 6.03. The number of ether oxygens (including phenoxy) is 1. The molecule has 2 aliphatic heterocycles. The zero-order valence-corrected chi connectivity index (χ0v) is 18.7. The fraction of sp³-hybridized carbons (Fsp3) is 0.545. The fourth-order valence-electron chi connectivity index (χ4n) is 4.14. The number of carbonyl (C=O) groups excluding carboxylic acids is 2. The minimum absolute atomic E-state index is 0.134. The number of aromatic nitrogens is 2. The smallest absolute Gasteiger partial charge is 0.437 e. The molecule has 0 unspecified atom stereocenters. The summed E-state index contributed by atoms with van der Waals surface area (Å²) >= 11 is 0. The lowest BCUT2D eigenvalue weighted by atomic mass is 9.97. The van der Waals surface area contributed by atoms with Gasteiger partial charge in [0.2, 0.25) is 5.76 Å². The molecular weight excluding hydrogens is 455 g/mol. The number of amides is 1. The van der Waals surface area contributed by atoms with E-state index in [-0.39, 0.29) is 23.6 Å². The monoisotopic (exact) mass is 481 g/mol. The molecule has 34 heavy (non-hydrogen) atoms. The van der Waals surface area contributed by atoms with E-state index >= 15 is 0 Å². The number of alkyl halides is 3. The van der Waals surface area contributed by atoms with E-state index in [1.807, 2.05) is 4.90 Å². The van der Waals surface area contributed by atoms with E-state index in [0.717, 1.165) is 12.8 Å². The number of nitrogens with zero attached hydrogens (tertiary/aromatic N) is 4. The Hall–Kier alpha value is -3.31. The summed E-state index contributed by atoms with van der Waals surface area (Å²) in [5, 5.41) is 2.41. The zero-order valence-electron chi connectivity index (χ0n) is 18.7. The lowest BCUT2D eigenvalue weighted by molar-refractivity contribution is -0.148. The molecule has 0 bridgehead atoms. The van der Waals surface area contributed by atoms with Gasteiger partial charge in [-0.15, -0.1) is 0 Å². The number of hydrogen-bond donors (Lipinski definition) is 1. The number of anilines is 3. The van der Waals surface area contributed by atoms with Crippen molar-refractivity contribution in [2.45, 2.75) is 38.8 Å². The summed E-state index contributed by atoms with van der Waals surface area (Å²) in [6.07, 6.45) is -0.525. The molecule has 9 nitrogen and oxygen atoms in total. The van der Waals surface area contributed by atoms with Crippen molar-refractivity contribution in [3.8, 4) is 0 Å². The molecule has 4 rings (SSSR count). The van der Waals surface area contributed by atoms with Gasteiger partial charge in [0, 0.05) is 26.2 Å². The molecule has 12 heteroatoms. The van der Waals surface area contributed by atoms with E-state index in [1.54, 1.807) is 24.0 Å². The third-order valence-electron chi connectivity index (χ3n) is 5.91. The van der Waals surface area contributed by atoms with E-state index in [2.05, 4.69) is 15.3 Å². The van der Waals surface area contributed by atoms with Gasteiger partial charge in [0.05, 0.1) is 24.4 Å². The van der Waals surface area contributed by atoms with Gasteiger partial charge in [0.1, 0.15) is 5.82 Å². The normalized spacial score (nSPS) is 17.2. The molecule has 1 amide bonds. The Balaban J connectivity index is 1.41. The number of nitrogens with one attached hydrogen (secondary N) is 1. The summed E-state index contributed by atoms with van der Waals surface area (Å²) in [4.78, 5) is 35.9. The van der Waals surface area contributed by atoms with Crippen molar-refractivity contribution in [2.75, 3.05) is 47.9 Å². The van der Waals surface area contributed by atoms with Crippen molar-refractivity contribution in [3.05, 3.63) is 29.8 Å². The maximum absolute atomic E-state index is 13.5. The lowest BCUT2D eigenvalue weighted by Gasteiger charge is -2.31. The van der Waals surface area contributed by atoms with Crippen molar-refractivity contribution >= 4 is 29.4 Å². The summed E-state index contributed by atoms with van der Waals surface area (Å²) in [7, 11) is 0. The van der Waals surface area contributed by atoms with Gasteiger partial charge in [0.25, 0.3) is 11.9 Å². The van der Waals surface area contributed by atoms with Crippen molar-refractivity contribution in [2.24, 2.45) is 5.92 Å². The van der Waals surface area contributed by atoms with E-state index in [1.165, 1.54) is 6.20 Å². The fourth-order valence-corrected chi connectivity index (χ4v) is 4.14. The third kappa shape index (κ3) is 5.26. The Kier molecular flexibility index (Phi) is 6.94. The molecule has 2 fully saturated rings. The molecule has 0 aromatic carbocycles. The number of halogens is 3. The average molecular weight is 481 g/mol. The molecular formula is C22H26F3N5O4. The van der Waals surface area contributed by atoms with Gasteiger partial charge >= 0.3 is 12.1 Å². The SMILES string of the molecule is CCOC(=O)C1CCN(c2ccc(NC(=O)c3oc(N4CCCC4)nc3C(F)(F)F)cn2)CC1. The summed E-state index contributed by atoms with van der Waals surface area (Å²) in [5.74, 6) is -1.60. The zero-order chi connectivity index (χ0) is 24.3. The molecule has 2 aromatic rings. The number of carbonyl (C=O) groups is 2. The predicted octanol–water partition coefficient (Wildman–Crippen LogP) is 3.72. The molecule has 0 atom stereocenters. The molecule has 0 aliphatic carbocycles. The first kappa shape index (κ1) is 23.8. The third-order valence-corrected chi connectivity index (χ3v) is 5.91. The van der Waals surface area contributed by atoms with Crippen LogP contribution in [-0.4, -0.2) is 54.6 Å². The molecule has 0 saturated carbocycles. The van der Waals surface area contributed by atoms with E-state index in [9.17, 15) is 22.8 Å². The lowest BCUT2D eigenvalue weighted by Crippen LogP contribution is -2.37. The van der Waals surface area contributed by atoms with Crippen molar-refractivity contribution in [1.82, 2.24) is 9.97 Å². The first-order valence-electron chi connectivity index (χ1n) is 11.3. The highest BCUT2D eigenvalue weighted by Gasteiger charge is 2.42. The quantitative estimate of drug-likeness (QED) is 0.623. The number of piperidine rings is 1. The van der Waals surface area contributed by atoms with E-state index < -0.39 is 23.5 Å². The van der Waals surface area contributed by atoms with Gasteiger partial charge < -0.3 is 24.3 Å². The summed E-state index contributed by atoms with van der Waals surface area (Å²) in [6, 6.07) is 3.03. The molecule has 0 spiro atoms. The van der Waals surface area contributed by atoms with Crippen LogP contribution in [0, 0.1) is 5.92 Å². The minimum Gasteiger partial charge on any atom is -0.466 e. The van der Waals surface area contributed by atoms with E-state index in [0.29, 0.717) is 51.4 Å². The van der Waals surface area contributed by atoms with Gasteiger partial charge in [-0.2, -0.15) is 18.2 Å². The van der Waals surface area contributed by atoms with Gasteiger partial charge in [-0.05, 0) is 44.7 Å².